The first kappa shape index (κ1) is 14.4. The summed E-state index contributed by atoms with van der Waals surface area (Å²) in [5.74, 6) is 0.929. The minimum atomic E-state index is -0.108. The van der Waals surface area contributed by atoms with Gasteiger partial charge in [0.1, 0.15) is 5.82 Å². The molecule has 0 spiro atoms. The third-order valence-corrected chi connectivity index (χ3v) is 3.52. The first-order chi connectivity index (χ1) is 9.19. The average molecular weight is 281 g/mol. The third-order valence-electron chi connectivity index (χ3n) is 3.32. The molecule has 104 valence electrons. The van der Waals surface area contributed by atoms with Gasteiger partial charge in [-0.25, -0.2) is 4.98 Å². The maximum atomic E-state index is 6.30. The van der Waals surface area contributed by atoms with Crippen molar-refractivity contribution in [3.63, 3.8) is 0 Å². The Labute approximate surface area is 119 Å². The summed E-state index contributed by atoms with van der Waals surface area (Å²) in [6, 6.07) is 8.47. The van der Waals surface area contributed by atoms with Crippen molar-refractivity contribution >= 4 is 22.6 Å². The molecule has 1 aromatic heterocycles. The van der Waals surface area contributed by atoms with Gasteiger partial charge in [0, 0.05) is 7.11 Å². The number of fused-ring (bicyclic) bond motifs is 1. The van der Waals surface area contributed by atoms with Crippen molar-refractivity contribution in [1.29, 1.82) is 0 Å². The number of para-hydroxylation sites is 2. The van der Waals surface area contributed by atoms with Crippen molar-refractivity contribution in [3.8, 4) is 0 Å². The topological polar surface area (TPSA) is 27.1 Å². The van der Waals surface area contributed by atoms with E-state index in [0.29, 0.717) is 12.6 Å². The number of nitrogens with zero attached hydrogens (tertiary/aromatic N) is 2. The van der Waals surface area contributed by atoms with Crippen molar-refractivity contribution in [2.24, 2.45) is 0 Å². The minimum Gasteiger partial charge on any atom is -0.383 e. The number of rotatable bonds is 6. The van der Waals surface area contributed by atoms with Crippen molar-refractivity contribution < 1.29 is 4.74 Å². The van der Waals surface area contributed by atoms with Crippen LogP contribution in [-0.4, -0.2) is 23.3 Å². The van der Waals surface area contributed by atoms with Gasteiger partial charge in [0.05, 0.1) is 29.1 Å². The molecule has 2 rings (SSSR count). The lowest BCUT2D eigenvalue weighted by Gasteiger charge is -2.21. The zero-order chi connectivity index (χ0) is 13.8. The lowest BCUT2D eigenvalue weighted by Crippen LogP contribution is -2.17. The monoisotopic (exact) mass is 280 g/mol. The zero-order valence-corrected chi connectivity index (χ0v) is 12.5. The van der Waals surface area contributed by atoms with Gasteiger partial charge in [0.15, 0.2) is 0 Å². The Hall–Kier alpha value is -1.06. The summed E-state index contributed by atoms with van der Waals surface area (Å²) in [6.07, 6.45) is 2.17. The molecule has 0 saturated heterocycles. The summed E-state index contributed by atoms with van der Waals surface area (Å²) in [6.45, 7) is 4.84. The molecule has 1 heterocycles. The van der Waals surface area contributed by atoms with E-state index in [1.165, 1.54) is 0 Å². The van der Waals surface area contributed by atoms with Crippen LogP contribution < -0.4 is 0 Å². The number of methoxy groups -OCH3 is 1. The average Bonchev–Trinajstić information content (AvgIpc) is 2.78. The number of hydrogen-bond donors (Lipinski definition) is 0. The molecule has 4 heteroatoms. The predicted octanol–water partition coefficient (Wildman–Crippen LogP) is 4.32. The van der Waals surface area contributed by atoms with Gasteiger partial charge >= 0.3 is 0 Å². The highest BCUT2D eigenvalue weighted by molar-refractivity contribution is 6.20. The summed E-state index contributed by atoms with van der Waals surface area (Å²) in [5, 5.41) is -0.108. The highest BCUT2D eigenvalue weighted by Gasteiger charge is 2.20. The van der Waals surface area contributed by atoms with Crippen molar-refractivity contribution in [3.05, 3.63) is 30.1 Å². The Morgan fingerprint density at radius 2 is 2.11 bits per heavy atom. The van der Waals surface area contributed by atoms with Crippen LogP contribution in [0.5, 0.6) is 0 Å². The zero-order valence-electron chi connectivity index (χ0n) is 11.8. The first-order valence-corrected chi connectivity index (χ1v) is 7.22. The standard InChI is InChI=1S/C15H21ClN2O/c1-4-7-12(10-19-3)18-14-9-6-5-8-13(14)17-15(18)11(2)16/h5-6,8-9,11-12H,4,7,10H2,1-3H3. The van der Waals surface area contributed by atoms with E-state index in [2.05, 4.69) is 22.5 Å². The van der Waals surface area contributed by atoms with Crippen LogP contribution in [0.25, 0.3) is 11.0 Å². The highest BCUT2D eigenvalue weighted by atomic mass is 35.5. The van der Waals surface area contributed by atoms with Gasteiger partial charge in [0.25, 0.3) is 0 Å². The largest absolute Gasteiger partial charge is 0.383 e. The molecule has 0 N–H and O–H groups in total. The highest BCUT2D eigenvalue weighted by Crippen LogP contribution is 2.30. The van der Waals surface area contributed by atoms with Crippen LogP contribution in [0.1, 0.15) is 43.9 Å². The molecule has 0 radical (unpaired) electrons. The van der Waals surface area contributed by atoms with Crippen molar-refractivity contribution in [2.45, 2.75) is 38.1 Å². The number of alkyl halides is 1. The second-order valence-electron chi connectivity index (χ2n) is 4.84. The molecule has 0 bridgehead atoms. The second kappa shape index (κ2) is 6.40. The Morgan fingerprint density at radius 1 is 1.37 bits per heavy atom. The van der Waals surface area contributed by atoms with Gasteiger partial charge in [-0.05, 0) is 25.5 Å². The maximum Gasteiger partial charge on any atom is 0.128 e. The maximum absolute atomic E-state index is 6.30. The molecule has 2 unspecified atom stereocenters. The van der Waals surface area contributed by atoms with E-state index in [-0.39, 0.29) is 5.38 Å². The molecule has 1 aromatic carbocycles. The lowest BCUT2D eigenvalue weighted by molar-refractivity contribution is 0.150. The molecule has 0 amide bonds. The lowest BCUT2D eigenvalue weighted by atomic mass is 10.1. The van der Waals surface area contributed by atoms with E-state index >= 15 is 0 Å². The smallest absolute Gasteiger partial charge is 0.128 e. The van der Waals surface area contributed by atoms with Gasteiger partial charge in [-0.1, -0.05) is 25.5 Å². The van der Waals surface area contributed by atoms with Crippen LogP contribution >= 0.6 is 11.6 Å². The summed E-state index contributed by atoms with van der Waals surface area (Å²) >= 11 is 6.30. The SMILES string of the molecule is CCCC(COC)n1c(C(C)Cl)nc2ccccc21. The fourth-order valence-corrected chi connectivity index (χ4v) is 2.69. The van der Waals surface area contributed by atoms with Crippen LogP contribution in [0.4, 0.5) is 0 Å². The molecule has 0 aliphatic carbocycles. The van der Waals surface area contributed by atoms with Gasteiger partial charge in [0.2, 0.25) is 0 Å². The number of hydrogen-bond acceptors (Lipinski definition) is 2. The van der Waals surface area contributed by atoms with E-state index in [1.54, 1.807) is 7.11 Å². The van der Waals surface area contributed by atoms with Crippen LogP contribution in [0.3, 0.4) is 0 Å². The third kappa shape index (κ3) is 2.93. The van der Waals surface area contributed by atoms with Crippen LogP contribution in [0.15, 0.2) is 24.3 Å². The normalized spacial score (nSPS) is 14.7. The quantitative estimate of drug-likeness (QED) is 0.737. The molecule has 2 aromatic rings. The molecule has 0 fully saturated rings. The molecular weight excluding hydrogens is 260 g/mol. The molecule has 0 aliphatic heterocycles. The minimum absolute atomic E-state index is 0.108. The number of aromatic nitrogens is 2. The summed E-state index contributed by atoms with van der Waals surface area (Å²) in [4.78, 5) is 4.67. The molecule has 19 heavy (non-hydrogen) atoms. The van der Waals surface area contributed by atoms with E-state index in [4.69, 9.17) is 16.3 Å². The van der Waals surface area contributed by atoms with Crippen molar-refractivity contribution in [2.75, 3.05) is 13.7 Å². The number of benzene rings is 1. The fraction of sp³-hybridized carbons (Fsp3) is 0.533. The van der Waals surface area contributed by atoms with Crippen LogP contribution in [0, 0.1) is 0 Å². The second-order valence-corrected chi connectivity index (χ2v) is 5.50. The Morgan fingerprint density at radius 3 is 2.74 bits per heavy atom. The van der Waals surface area contributed by atoms with Gasteiger partial charge < -0.3 is 9.30 Å². The Balaban J connectivity index is 2.56. The van der Waals surface area contributed by atoms with Gasteiger partial charge in [-0.3, -0.25) is 0 Å². The van der Waals surface area contributed by atoms with E-state index in [1.807, 2.05) is 25.1 Å². The van der Waals surface area contributed by atoms with Gasteiger partial charge in [-0.15, -0.1) is 11.6 Å². The summed E-state index contributed by atoms with van der Waals surface area (Å²) in [7, 11) is 1.74. The van der Waals surface area contributed by atoms with E-state index in [9.17, 15) is 0 Å². The molecular formula is C15H21ClN2O. The van der Waals surface area contributed by atoms with E-state index < -0.39 is 0 Å². The molecule has 3 nitrogen and oxygen atoms in total. The predicted molar refractivity (Wildman–Crippen MR) is 79.8 cm³/mol. The summed E-state index contributed by atoms with van der Waals surface area (Å²) < 4.78 is 7.62. The van der Waals surface area contributed by atoms with Crippen LogP contribution in [0.2, 0.25) is 0 Å². The Bertz CT molecular complexity index is 530. The van der Waals surface area contributed by atoms with Crippen molar-refractivity contribution in [1.82, 2.24) is 9.55 Å². The molecule has 2 atom stereocenters. The number of imidazole rings is 1. The summed E-state index contributed by atoms with van der Waals surface area (Å²) in [5.41, 5.74) is 2.14. The fourth-order valence-electron chi connectivity index (χ4n) is 2.54. The Kier molecular flexibility index (Phi) is 4.83. The number of ether oxygens (including phenoxy) is 1. The van der Waals surface area contributed by atoms with Crippen LogP contribution in [-0.2, 0) is 4.74 Å². The van der Waals surface area contributed by atoms with E-state index in [0.717, 1.165) is 29.7 Å². The van der Waals surface area contributed by atoms with Gasteiger partial charge in [-0.2, -0.15) is 0 Å². The molecule has 0 saturated carbocycles. The molecule has 0 aliphatic rings. The number of halogens is 1. The first-order valence-electron chi connectivity index (χ1n) is 6.78.